The predicted octanol–water partition coefficient (Wildman–Crippen LogP) is 3.01. The summed E-state index contributed by atoms with van der Waals surface area (Å²) in [6.45, 7) is 2.97. The van der Waals surface area contributed by atoms with Crippen LogP contribution in [-0.2, 0) is 4.79 Å². The molecule has 0 aromatic heterocycles. The summed E-state index contributed by atoms with van der Waals surface area (Å²) < 4.78 is 5.20. The maximum Gasteiger partial charge on any atom is 0.253 e. The Bertz CT molecular complexity index is 836. The van der Waals surface area contributed by atoms with E-state index in [1.165, 1.54) is 0 Å². The quantitative estimate of drug-likeness (QED) is 0.868. The monoisotopic (exact) mass is 379 g/mol. The van der Waals surface area contributed by atoms with E-state index in [2.05, 4.69) is 10.2 Å². The van der Waals surface area contributed by atoms with Crippen molar-refractivity contribution in [2.24, 2.45) is 5.92 Å². The maximum absolute atomic E-state index is 12.8. The Morgan fingerprint density at radius 2 is 1.57 bits per heavy atom. The van der Waals surface area contributed by atoms with Crippen LogP contribution in [-0.4, -0.2) is 50.0 Å². The Morgan fingerprint density at radius 1 is 0.929 bits per heavy atom. The summed E-state index contributed by atoms with van der Waals surface area (Å²) in [5, 5.41) is 2.90. The number of carbonyl (C=O) groups is 2. The molecule has 0 unspecified atom stereocenters. The molecule has 6 heteroatoms. The molecule has 6 nitrogen and oxygen atoms in total. The molecule has 0 bridgehead atoms. The summed E-state index contributed by atoms with van der Waals surface area (Å²) in [6.07, 6.45) is 1.95. The third-order valence-corrected chi connectivity index (χ3v) is 5.35. The standard InChI is InChI=1S/C22H25N3O3/c1-28-20-10-8-19(9-11-20)24-12-14-25(15-13-24)22(27)17-4-6-18(7-5-17)23-21(26)16-2-3-16/h4-11,16H,2-3,12-15H2,1H3,(H,23,26). The van der Waals surface area contributed by atoms with Gasteiger partial charge in [0.25, 0.3) is 5.91 Å². The van der Waals surface area contributed by atoms with Gasteiger partial charge < -0.3 is 19.9 Å². The number of benzene rings is 2. The molecule has 1 aliphatic heterocycles. The van der Waals surface area contributed by atoms with Crippen LogP contribution >= 0.6 is 0 Å². The summed E-state index contributed by atoms with van der Waals surface area (Å²) in [5.74, 6) is 1.13. The predicted molar refractivity (Wildman–Crippen MR) is 109 cm³/mol. The Hall–Kier alpha value is -3.02. The molecule has 2 fully saturated rings. The normalized spacial score (nSPS) is 16.6. The van der Waals surface area contributed by atoms with Gasteiger partial charge in [0.1, 0.15) is 5.75 Å². The summed E-state index contributed by atoms with van der Waals surface area (Å²) in [6, 6.07) is 15.2. The lowest BCUT2D eigenvalue weighted by Gasteiger charge is -2.36. The van der Waals surface area contributed by atoms with Crippen molar-refractivity contribution in [2.75, 3.05) is 43.5 Å². The van der Waals surface area contributed by atoms with E-state index in [4.69, 9.17) is 4.74 Å². The summed E-state index contributed by atoms with van der Waals surface area (Å²) in [5.41, 5.74) is 2.55. The second kappa shape index (κ2) is 7.92. The van der Waals surface area contributed by atoms with E-state index in [9.17, 15) is 9.59 Å². The van der Waals surface area contributed by atoms with Crippen molar-refractivity contribution in [3.8, 4) is 5.75 Å². The van der Waals surface area contributed by atoms with Crippen LogP contribution in [0.3, 0.4) is 0 Å². The molecule has 2 aromatic carbocycles. The topological polar surface area (TPSA) is 61.9 Å². The van der Waals surface area contributed by atoms with Crippen LogP contribution in [0.2, 0.25) is 0 Å². The summed E-state index contributed by atoms with van der Waals surface area (Å²) in [7, 11) is 1.66. The largest absolute Gasteiger partial charge is 0.497 e. The molecule has 1 heterocycles. The SMILES string of the molecule is COc1ccc(N2CCN(C(=O)c3ccc(NC(=O)C4CC4)cc3)CC2)cc1. The van der Waals surface area contributed by atoms with Crippen LogP contribution in [0.1, 0.15) is 23.2 Å². The molecule has 2 aromatic rings. The minimum atomic E-state index is 0.0365. The highest BCUT2D eigenvalue weighted by Crippen LogP contribution is 2.30. The zero-order valence-electron chi connectivity index (χ0n) is 16.1. The van der Waals surface area contributed by atoms with Gasteiger partial charge >= 0.3 is 0 Å². The van der Waals surface area contributed by atoms with Crippen LogP contribution in [0.25, 0.3) is 0 Å². The second-order valence-electron chi connectivity index (χ2n) is 7.32. The first-order valence-corrected chi connectivity index (χ1v) is 9.73. The number of amides is 2. The van der Waals surface area contributed by atoms with Gasteiger partial charge in [0, 0.05) is 49.0 Å². The molecule has 0 radical (unpaired) electrons. The molecule has 146 valence electrons. The number of hydrogen-bond acceptors (Lipinski definition) is 4. The molecule has 4 rings (SSSR count). The van der Waals surface area contributed by atoms with E-state index in [1.54, 1.807) is 31.4 Å². The lowest BCUT2D eigenvalue weighted by molar-refractivity contribution is -0.117. The number of nitrogens with one attached hydrogen (secondary N) is 1. The van der Waals surface area contributed by atoms with E-state index < -0.39 is 0 Å². The van der Waals surface area contributed by atoms with Crippen molar-refractivity contribution in [3.63, 3.8) is 0 Å². The van der Waals surface area contributed by atoms with Gasteiger partial charge in [-0.05, 0) is 61.4 Å². The summed E-state index contributed by atoms with van der Waals surface area (Å²) in [4.78, 5) is 28.8. The van der Waals surface area contributed by atoms with E-state index >= 15 is 0 Å². The van der Waals surface area contributed by atoms with Crippen LogP contribution in [0, 0.1) is 5.92 Å². The van der Waals surface area contributed by atoms with Crippen molar-refractivity contribution < 1.29 is 14.3 Å². The average Bonchev–Trinajstić information content (AvgIpc) is 3.60. The minimum absolute atomic E-state index is 0.0365. The molecule has 1 N–H and O–H groups in total. The van der Waals surface area contributed by atoms with Gasteiger partial charge in [-0.15, -0.1) is 0 Å². The second-order valence-corrected chi connectivity index (χ2v) is 7.32. The van der Waals surface area contributed by atoms with Crippen LogP contribution in [0.4, 0.5) is 11.4 Å². The lowest BCUT2D eigenvalue weighted by atomic mass is 10.1. The highest BCUT2D eigenvalue weighted by atomic mass is 16.5. The van der Waals surface area contributed by atoms with Crippen LogP contribution in [0.5, 0.6) is 5.75 Å². The van der Waals surface area contributed by atoms with E-state index in [0.29, 0.717) is 18.7 Å². The number of nitrogens with zero attached hydrogens (tertiary/aromatic N) is 2. The Labute approximate surface area is 165 Å². The molecule has 28 heavy (non-hydrogen) atoms. The number of carbonyl (C=O) groups excluding carboxylic acids is 2. The molecule has 2 aliphatic rings. The molecule has 2 amide bonds. The third-order valence-electron chi connectivity index (χ3n) is 5.35. The number of piperazine rings is 1. The lowest BCUT2D eigenvalue weighted by Crippen LogP contribution is -2.48. The molecule has 0 atom stereocenters. The highest BCUT2D eigenvalue weighted by Gasteiger charge is 2.29. The molecule has 1 saturated heterocycles. The number of anilines is 2. The molecule has 1 saturated carbocycles. The average molecular weight is 379 g/mol. The number of rotatable bonds is 5. The first kappa shape index (κ1) is 18.3. The van der Waals surface area contributed by atoms with Crippen LogP contribution in [0.15, 0.2) is 48.5 Å². The van der Waals surface area contributed by atoms with E-state index in [-0.39, 0.29) is 17.7 Å². The Kier molecular flexibility index (Phi) is 5.19. The Balaban J connectivity index is 1.32. The number of methoxy groups -OCH3 is 1. The fraction of sp³-hybridized carbons (Fsp3) is 0.364. The van der Waals surface area contributed by atoms with Gasteiger partial charge in [0.15, 0.2) is 0 Å². The van der Waals surface area contributed by atoms with E-state index in [0.717, 1.165) is 43.1 Å². The maximum atomic E-state index is 12.8. The van der Waals surface area contributed by atoms with Gasteiger partial charge in [-0.25, -0.2) is 0 Å². The number of ether oxygens (including phenoxy) is 1. The highest BCUT2D eigenvalue weighted by molar-refractivity contribution is 5.97. The van der Waals surface area contributed by atoms with Gasteiger partial charge in [0.2, 0.25) is 5.91 Å². The third kappa shape index (κ3) is 4.11. The fourth-order valence-electron chi connectivity index (χ4n) is 3.43. The first-order valence-electron chi connectivity index (χ1n) is 9.73. The first-order chi connectivity index (χ1) is 13.6. The molecule has 1 aliphatic carbocycles. The number of hydrogen-bond donors (Lipinski definition) is 1. The smallest absolute Gasteiger partial charge is 0.253 e. The van der Waals surface area contributed by atoms with Gasteiger partial charge in [-0.3, -0.25) is 9.59 Å². The minimum Gasteiger partial charge on any atom is -0.497 e. The van der Waals surface area contributed by atoms with Gasteiger partial charge in [-0.1, -0.05) is 0 Å². The van der Waals surface area contributed by atoms with Crippen molar-refractivity contribution in [1.29, 1.82) is 0 Å². The van der Waals surface area contributed by atoms with Gasteiger partial charge in [0.05, 0.1) is 7.11 Å². The van der Waals surface area contributed by atoms with Crippen molar-refractivity contribution >= 4 is 23.2 Å². The Morgan fingerprint density at radius 3 is 2.14 bits per heavy atom. The van der Waals surface area contributed by atoms with Crippen molar-refractivity contribution in [1.82, 2.24) is 4.90 Å². The van der Waals surface area contributed by atoms with E-state index in [1.807, 2.05) is 29.2 Å². The van der Waals surface area contributed by atoms with Crippen LogP contribution < -0.4 is 15.0 Å². The molecular weight excluding hydrogens is 354 g/mol. The zero-order valence-corrected chi connectivity index (χ0v) is 16.1. The van der Waals surface area contributed by atoms with Crippen molar-refractivity contribution in [3.05, 3.63) is 54.1 Å². The summed E-state index contributed by atoms with van der Waals surface area (Å²) >= 11 is 0. The fourth-order valence-corrected chi connectivity index (χ4v) is 3.43. The molecular formula is C22H25N3O3. The zero-order chi connectivity index (χ0) is 19.5. The van der Waals surface area contributed by atoms with Crippen molar-refractivity contribution in [2.45, 2.75) is 12.8 Å². The molecule has 0 spiro atoms. The van der Waals surface area contributed by atoms with Gasteiger partial charge in [-0.2, -0.15) is 0 Å².